The largest absolute Gasteiger partial charge is 0.459 e. The summed E-state index contributed by atoms with van der Waals surface area (Å²) in [5.41, 5.74) is 0. The van der Waals surface area contributed by atoms with Crippen molar-refractivity contribution >= 4 is 5.97 Å². The van der Waals surface area contributed by atoms with Crippen LogP contribution in [0.1, 0.15) is 44.9 Å². The second-order valence-electron chi connectivity index (χ2n) is 5.78. The van der Waals surface area contributed by atoms with Crippen LogP contribution in [-0.2, 0) is 9.53 Å². The van der Waals surface area contributed by atoms with Gasteiger partial charge in [-0.3, -0.25) is 0 Å². The van der Waals surface area contributed by atoms with Gasteiger partial charge in [-0.1, -0.05) is 6.58 Å². The summed E-state index contributed by atoms with van der Waals surface area (Å²) >= 11 is 0. The van der Waals surface area contributed by atoms with E-state index in [2.05, 4.69) is 6.58 Å². The summed E-state index contributed by atoms with van der Waals surface area (Å²) < 4.78 is 31.8. The van der Waals surface area contributed by atoms with Crippen molar-refractivity contribution < 1.29 is 18.3 Å². The highest BCUT2D eigenvalue weighted by atomic mass is 19.2. The first-order valence-corrected chi connectivity index (χ1v) is 7.21. The fourth-order valence-corrected chi connectivity index (χ4v) is 3.43. The molecule has 2 rings (SSSR count). The molecule has 0 aromatic heterocycles. The van der Waals surface area contributed by atoms with Crippen molar-refractivity contribution in [3.05, 3.63) is 12.7 Å². The summed E-state index contributed by atoms with van der Waals surface area (Å²) in [6.45, 7) is 3.38. The maximum Gasteiger partial charge on any atom is 0.330 e. The first kappa shape index (κ1) is 14.5. The van der Waals surface area contributed by atoms with Crippen LogP contribution in [0.5, 0.6) is 0 Å². The Hall–Kier alpha value is -0.930. The van der Waals surface area contributed by atoms with Gasteiger partial charge in [0.2, 0.25) is 0 Å². The molecule has 0 amide bonds. The van der Waals surface area contributed by atoms with Gasteiger partial charge in [0, 0.05) is 6.08 Å². The average Bonchev–Trinajstić information content (AvgIpc) is 2.42. The van der Waals surface area contributed by atoms with Crippen LogP contribution in [0.3, 0.4) is 0 Å². The first-order valence-electron chi connectivity index (χ1n) is 7.21. The zero-order valence-corrected chi connectivity index (χ0v) is 11.2. The van der Waals surface area contributed by atoms with Crippen molar-refractivity contribution in [1.82, 2.24) is 0 Å². The smallest absolute Gasteiger partial charge is 0.330 e. The lowest BCUT2D eigenvalue weighted by Gasteiger charge is -2.37. The lowest BCUT2D eigenvalue weighted by Crippen LogP contribution is -2.34. The molecule has 0 spiro atoms. The van der Waals surface area contributed by atoms with Gasteiger partial charge in [0.05, 0.1) is 0 Å². The molecule has 0 radical (unpaired) electrons. The molecule has 3 atom stereocenters. The van der Waals surface area contributed by atoms with Gasteiger partial charge in [0.1, 0.15) is 18.4 Å². The van der Waals surface area contributed by atoms with E-state index in [-0.39, 0.29) is 12.1 Å². The van der Waals surface area contributed by atoms with E-state index >= 15 is 0 Å². The Morgan fingerprint density at radius 1 is 1.00 bits per heavy atom. The van der Waals surface area contributed by atoms with Crippen LogP contribution >= 0.6 is 0 Å². The summed E-state index contributed by atoms with van der Waals surface area (Å²) in [5, 5.41) is 0. The number of esters is 1. The number of alkyl halides is 2. The Labute approximate surface area is 113 Å². The monoisotopic (exact) mass is 272 g/mol. The number of carbonyl (C=O) groups excluding carboxylic acids is 1. The number of hydrogen-bond acceptors (Lipinski definition) is 2. The van der Waals surface area contributed by atoms with Crippen LogP contribution in [-0.4, -0.2) is 24.4 Å². The minimum atomic E-state index is -1.28. The predicted octanol–water partition coefficient (Wildman–Crippen LogP) is 3.75. The van der Waals surface area contributed by atoms with E-state index in [0.717, 1.165) is 32.1 Å². The molecule has 0 bridgehead atoms. The molecule has 4 heteroatoms. The third kappa shape index (κ3) is 3.77. The highest BCUT2D eigenvalue weighted by Crippen LogP contribution is 2.40. The Morgan fingerprint density at radius 3 is 2.21 bits per heavy atom. The molecule has 2 aliphatic rings. The van der Waals surface area contributed by atoms with Crippen molar-refractivity contribution in [1.29, 1.82) is 0 Å². The van der Waals surface area contributed by atoms with Crippen LogP contribution in [0.15, 0.2) is 12.7 Å². The van der Waals surface area contributed by atoms with Crippen molar-refractivity contribution in [2.24, 2.45) is 11.8 Å². The normalized spacial score (nSPS) is 39.6. The van der Waals surface area contributed by atoms with Crippen LogP contribution in [0, 0.1) is 11.8 Å². The van der Waals surface area contributed by atoms with E-state index in [4.69, 9.17) is 4.74 Å². The van der Waals surface area contributed by atoms with Crippen molar-refractivity contribution in [2.75, 3.05) is 0 Å². The van der Waals surface area contributed by atoms with E-state index < -0.39 is 12.3 Å². The molecule has 2 nitrogen and oxygen atoms in total. The molecule has 0 N–H and O–H groups in total. The molecule has 0 aromatic carbocycles. The molecule has 2 aliphatic carbocycles. The number of rotatable bonds is 3. The minimum Gasteiger partial charge on any atom is -0.459 e. The van der Waals surface area contributed by atoms with Crippen molar-refractivity contribution in [2.45, 2.75) is 63.4 Å². The second kappa shape index (κ2) is 6.49. The summed E-state index contributed by atoms with van der Waals surface area (Å²) in [5.74, 6) is 0.396. The second-order valence-corrected chi connectivity index (χ2v) is 5.78. The summed E-state index contributed by atoms with van der Waals surface area (Å²) in [6, 6.07) is 0. The molecule has 0 aromatic rings. The average molecular weight is 272 g/mol. The molecule has 0 heterocycles. The van der Waals surface area contributed by atoms with Gasteiger partial charge < -0.3 is 4.74 Å². The number of carbonyl (C=O) groups is 1. The Balaban J connectivity index is 1.77. The van der Waals surface area contributed by atoms with E-state index in [9.17, 15) is 13.6 Å². The highest BCUT2D eigenvalue weighted by molar-refractivity contribution is 5.81. The van der Waals surface area contributed by atoms with Crippen LogP contribution in [0.2, 0.25) is 0 Å². The first-order chi connectivity index (χ1) is 9.10. The zero-order chi connectivity index (χ0) is 13.8. The van der Waals surface area contributed by atoms with Gasteiger partial charge in [0.25, 0.3) is 0 Å². The third-order valence-corrected chi connectivity index (χ3v) is 4.57. The van der Waals surface area contributed by atoms with Crippen LogP contribution < -0.4 is 0 Å². The fraction of sp³-hybridized carbons (Fsp3) is 0.800. The van der Waals surface area contributed by atoms with Gasteiger partial charge in [-0.15, -0.1) is 0 Å². The number of halogens is 2. The highest BCUT2D eigenvalue weighted by Gasteiger charge is 2.36. The number of hydrogen-bond donors (Lipinski definition) is 0. The Kier molecular flexibility index (Phi) is 4.94. The molecular formula is C15H22F2O2. The molecule has 108 valence electrons. The zero-order valence-electron chi connectivity index (χ0n) is 11.2. The van der Waals surface area contributed by atoms with Gasteiger partial charge in [-0.25, -0.2) is 13.6 Å². The maximum atomic E-state index is 13.4. The minimum absolute atomic E-state index is 0.0274. The van der Waals surface area contributed by atoms with E-state index in [1.807, 2.05) is 0 Å². The summed E-state index contributed by atoms with van der Waals surface area (Å²) in [6.07, 6.45) is 3.68. The van der Waals surface area contributed by atoms with Crippen molar-refractivity contribution in [3.63, 3.8) is 0 Å². The predicted molar refractivity (Wildman–Crippen MR) is 69.2 cm³/mol. The lowest BCUT2D eigenvalue weighted by atomic mass is 9.72. The van der Waals surface area contributed by atoms with Gasteiger partial charge in [-0.05, 0) is 56.8 Å². The van der Waals surface area contributed by atoms with Gasteiger partial charge in [0.15, 0.2) is 0 Å². The topological polar surface area (TPSA) is 26.3 Å². The standard InChI is InChI=1S/C15H22F2O2/c1-2-15(18)19-12-6-3-10(4-7-12)11-5-8-13(16)14(17)9-11/h2,10-14H,1,3-9H2. The van der Waals surface area contributed by atoms with E-state index in [1.165, 1.54) is 6.08 Å². The van der Waals surface area contributed by atoms with Gasteiger partial charge >= 0.3 is 5.97 Å². The third-order valence-electron chi connectivity index (χ3n) is 4.57. The SMILES string of the molecule is C=CC(=O)OC1CCC(C2CCC(F)C(F)C2)CC1. The summed E-state index contributed by atoms with van der Waals surface area (Å²) in [7, 11) is 0. The molecular weight excluding hydrogens is 250 g/mol. The van der Waals surface area contributed by atoms with E-state index in [1.54, 1.807) is 0 Å². The maximum absolute atomic E-state index is 13.4. The molecule has 2 fully saturated rings. The molecule has 0 aliphatic heterocycles. The molecule has 2 saturated carbocycles. The summed E-state index contributed by atoms with van der Waals surface area (Å²) in [4.78, 5) is 11.1. The van der Waals surface area contributed by atoms with Crippen LogP contribution in [0.25, 0.3) is 0 Å². The number of ether oxygens (including phenoxy) is 1. The molecule has 19 heavy (non-hydrogen) atoms. The Morgan fingerprint density at radius 2 is 1.63 bits per heavy atom. The molecule has 0 saturated heterocycles. The van der Waals surface area contributed by atoms with Crippen molar-refractivity contribution in [3.8, 4) is 0 Å². The lowest BCUT2D eigenvalue weighted by molar-refractivity contribution is -0.145. The van der Waals surface area contributed by atoms with E-state index in [0.29, 0.717) is 24.7 Å². The Bertz CT molecular complexity index is 324. The van der Waals surface area contributed by atoms with Crippen LogP contribution in [0.4, 0.5) is 8.78 Å². The van der Waals surface area contributed by atoms with Gasteiger partial charge in [-0.2, -0.15) is 0 Å². The quantitative estimate of drug-likeness (QED) is 0.577. The molecule has 3 unspecified atom stereocenters. The fourth-order valence-electron chi connectivity index (χ4n) is 3.43.